The highest BCUT2D eigenvalue weighted by molar-refractivity contribution is 5.75. The summed E-state index contributed by atoms with van der Waals surface area (Å²) in [6.07, 6.45) is 0.296. The molecule has 0 saturated heterocycles. The number of amides is 1. The Kier molecular flexibility index (Phi) is 14.3. The van der Waals surface area contributed by atoms with Gasteiger partial charge in [0.15, 0.2) is 0 Å². The minimum atomic E-state index is -0.884. The molecule has 0 radical (unpaired) electrons. The number of methoxy groups -OCH3 is 1. The van der Waals surface area contributed by atoms with E-state index in [9.17, 15) is 9.59 Å². The summed E-state index contributed by atoms with van der Waals surface area (Å²) in [5, 5.41) is 11.1. The van der Waals surface area contributed by atoms with Gasteiger partial charge in [0.25, 0.3) is 0 Å². The molecule has 0 bridgehead atoms. The zero-order valence-electron chi connectivity index (χ0n) is 12.5. The van der Waals surface area contributed by atoms with Gasteiger partial charge in [-0.1, -0.05) is 0 Å². The molecule has 0 aliphatic rings. The molecular formula is C13H25NO7. The summed E-state index contributed by atoms with van der Waals surface area (Å²) in [5.74, 6) is -0.974. The van der Waals surface area contributed by atoms with Crippen molar-refractivity contribution in [3.63, 3.8) is 0 Å². The van der Waals surface area contributed by atoms with E-state index in [-0.39, 0.29) is 18.9 Å². The van der Waals surface area contributed by atoms with Gasteiger partial charge >= 0.3 is 5.97 Å². The Morgan fingerprint density at radius 1 is 0.857 bits per heavy atom. The topological polar surface area (TPSA) is 103 Å². The van der Waals surface area contributed by atoms with Crippen molar-refractivity contribution in [3.05, 3.63) is 0 Å². The predicted octanol–water partition coefficient (Wildman–Crippen LogP) is -0.336. The van der Waals surface area contributed by atoms with Crippen LogP contribution < -0.4 is 5.32 Å². The molecule has 0 atom stereocenters. The number of rotatable bonds is 15. The largest absolute Gasteiger partial charge is 0.481 e. The Hall–Kier alpha value is -1.22. The lowest BCUT2D eigenvalue weighted by atomic mass is 10.4. The third-order valence-electron chi connectivity index (χ3n) is 2.31. The van der Waals surface area contributed by atoms with Crippen molar-refractivity contribution < 1.29 is 33.6 Å². The van der Waals surface area contributed by atoms with Crippen LogP contribution in [0.25, 0.3) is 0 Å². The predicted molar refractivity (Wildman–Crippen MR) is 74.2 cm³/mol. The van der Waals surface area contributed by atoms with E-state index in [1.165, 1.54) is 0 Å². The zero-order chi connectivity index (χ0) is 15.8. The second-order valence-electron chi connectivity index (χ2n) is 4.07. The molecule has 0 aliphatic carbocycles. The maximum Gasteiger partial charge on any atom is 0.305 e. The third-order valence-corrected chi connectivity index (χ3v) is 2.31. The van der Waals surface area contributed by atoms with Crippen LogP contribution in [0, 0.1) is 0 Å². The van der Waals surface area contributed by atoms with Crippen molar-refractivity contribution in [2.45, 2.75) is 12.8 Å². The van der Waals surface area contributed by atoms with Crippen molar-refractivity contribution in [2.75, 3.05) is 59.9 Å². The van der Waals surface area contributed by atoms with Gasteiger partial charge in [-0.3, -0.25) is 9.59 Å². The molecule has 0 saturated carbocycles. The molecule has 0 aromatic carbocycles. The van der Waals surface area contributed by atoms with Gasteiger partial charge in [-0.2, -0.15) is 0 Å². The number of carbonyl (C=O) groups excluding carboxylic acids is 1. The highest BCUT2D eigenvalue weighted by Gasteiger charge is 2.00. The Morgan fingerprint density at radius 2 is 1.43 bits per heavy atom. The third kappa shape index (κ3) is 16.7. The standard InChI is InChI=1S/C13H25NO7/c1-18-8-9-19-5-2-12(15)14-4-7-21-11-10-20-6-3-13(16)17/h2-11H2,1H3,(H,14,15)(H,16,17). The van der Waals surface area contributed by atoms with Crippen LogP contribution in [-0.2, 0) is 28.5 Å². The number of nitrogens with one attached hydrogen (secondary N) is 1. The molecule has 0 aromatic heterocycles. The second-order valence-corrected chi connectivity index (χ2v) is 4.07. The molecule has 0 spiro atoms. The van der Waals surface area contributed by atoms with Gasteiger partial charge in [-0.05, 0) is 0 Å². The van der Waals surface area contributed by atoms with Crippen molar-refractivity contribution in [2.24, 2.45) is 0 Å². The fourth-order valence-corrected chi connectivity index (χ4v) is 1.24. The monoisotopic (exact) mass is 307 g/mol. The van der Waals surface area contributed by atoms with Crippen LogP contribution in [0.4, 0.5) is 0 Å². The average molecular weight is 307 g/mol. The highest BCUT2D eigenvalue weighted by atomic mass is 16.5. The summed E-state index contributed by atoms with van der Waals surface area (Å²) < 4.78 is 20.2. The molecule has 0 heterocycles. The molecule has 0 aliphatic heterocycles. The van der Waals surface area contributed by atoms with Crippen LogP contribution >= 0.6 is 0 Å². The summed E-state index contributed by atoms with van der Waals surface area (Å²) >= 11 is 0. The van der Waals surface area contributed by atoms with Crippen molar-refractivity contribution in [3.8, 4) is 0 Å². The Balaban J connectivity index is 3.16. The summed E-state index contributed by atoms with van der Waals surface area (Å²) in [6, 6.07) is 0. The molecule has 0 aromatic rings. The second kappa shape index (κ2) is 15.2. The van der Waals surface area contributed by atoms with E-state index in [1.54, 1.807) is 7.11 Å². The smallest absolute Gasteiger partial charge is 0.305 e. The Morgan fingerprint density at radius 3 is 2.05 bits per heavy atom. The lowest BCUT2D eigenvalue weighted by molar-refractivity contribution is -0.138. The number of ether oxygens (including phenoxy) is 4. The van der Waals surface area contributed by atoms with Crippen LogP contribution in [0.5, 0.6) is 0 Å². The highest BCUT2D eigenvalue weighted by Crippen LogP contribution is 1.85. The normalized spacial score (nSPS) is 10.5. The van der Waals surface area contributed by atoms with E-state index in [4.69, 9.17) is 24.1 Å². The van der Waals surface area contributed by atoms with Crippen molar-refractivity contribution in [1.82, 2.24) is 5.32 Å². The number of hydrogen-bond donors (Lipinski definition) is 2. The van der Waals surface area contributed by atoms with Crippen LogP contribution in [0.1, 0.15) is 12.8 Å². The number of aliphatic carboxylic acids is 1. The summed E-state index contributed by atoms with van der Waals surface area (Å²) in [6.45, 7) is 3.07. The van der Waals surface area contributed by atoms with Crippen LogP contribution in [0.3, 0.4) is 0 Å². The van der Waals surface area contributed by atoms with Crippen molar-refractivity contribution in [1.29, 1.82) is 0 Å². The quantitative estimate of drug-likeness (QED) is 0.399. The van der Waals surface area contributed by atoms with Gasteiger partial charge in [0.2, 0.25) is 5.91 Å². The van der Waals surface area contributed by atoms with Gasteiger partial charge in [0.1, 0.15) is 0 Å². The number of hydrogen-bond acceptors (Lipinski definition) is 6. The van der Waals surface area contributed by atoms with E-state index in [0.29, 0.717) is 52.6 Å². The summed E-state index contributed by atoms with van der Waals surface area (Å²) in [5.41, 5.74) is 0. The van der Waals surface area contributed by atoms with E-state index < -0.39 is 5.97 Å². The molecule has 0 unspecified atom stereocenters. The molecule has 1 amide bonds. The van der Waals surface area contributed by atoms with E-state index in [0.717, 1.165) is 0 Å². The molecule has 124 valence electrons. The van der Waals surface area contributed by atoms with Crippen LogP contribution in [0.2, 0.25) is 0 Å². The van der Waals surface area contributed by atoms with Gasteiger partial charge < -0.3 is 29.4 Å². The van der Waals surface area contributed by atoms with Crippen molar-refractivity contribution >= 4 is 11.9 Å². The first-order valence-electron chi connectivity index (χ1n) is 6.87. The maximum absolute atomic E-state index is 11.4. The van der Waals surface area contributed by atoms with E-state index in [2.05, 4.69) is 5.32 Å². The molecule has 21 heavy (non-hydrogen) atoms. The average Bonchev–Trinajstić information content (AvgIpc) is 2.45. The molecule has 0 rings (SSSR count). The first-order valence-corrected chi connectivity index (χ1v) is 6.87. The number of carboxylic acid groups (broad SMARTS) is 1. The minimum absolute atomic E-state index is 0.0114. The lowest BCUT2D eigenvalue weighted by Crippen LogP contribution is -2.28. The molecule has 2 N–H and O–H groups in total. The molecule has 8 nitrogen and oxygen atoms in total. The summed E-state index contributed by atoms with van der Waals surface area (Å²) in [4.78, 5) is 21.6. The zero-order valence-corrected chi connectivity index (χ0v) is 12.5. The van der Waals surface area contributed by atoms with E-state index in [1.807, 2.05) is 0 Å². The minimum Gasteiger partial charge on any atom is -0.481 e. The Labute approximate surface area is 124 Å². The van der Waals surface area contributed by atoms with Gasteiger partial charge in [0, 0.05) is 20.1 Å². The van der Waals surface area contributed by atoms with E-state index >= 15 is 0 Å². The van der Waals surface area contributed by atoms with Crippen LogP contribution in [-0.4, -0.2) is 76.9 Å². The van der Waals surface area contributed by atoms with Crippen LogP contribution in [0.15, 0.2) is 0 Å². The molecule has 8 heteroatoms. The first kappa shape index (κ1) is 19.8. The lowest BCUT2D eigenvalue weighted by Gasteiger charge is -2.07. The summed E-state index contributed by atoms with van der Waals surface area (Å²) in [7, 11) is 1.59. The van der Waals surface area contributed by atoms with Gasteiger partial charge in [-0.25, -0.2) is 0 Å². The number of carbonyl (C=O) groups is 2. The Bertz CT molecular complexity index is 273. The van der Waals surface area contributed by atoms with Gasteiger partial charge in [-0.15, -0.1) is 0 Å². The molecular weight excluding hydrogens is 282 g/mol. The fourth-order valence-electron chi connectivity index (χ4n) is 1.24. The van der Waals surface area contributed by atoms with Gasteiger partial charge in [0.05, 0.1) is 52.7 Å². The first-order chi connectivity index (χ1) is 10.2. The maximum atomic E-state index is 11.4. The number of carboxylic acids is 1. The SMILES string of the molecule is COCCOCCC(=O)NCCOCCOCCC(=O)O. The fraction of sp³-hybridized carbons (Fsp3) is 0.846. The molecule has 0 fully saturated rings.